The Labute approximate surface area is 96.0 Å². The summed E-state index contributed by atoms with van der Waals surface area (Å²) in [4.78, 5) is 11.3. The molecule has 0 saturated carbocycles. The van der Waals surface area contributed by atoms with E-state index in [4.69, 9.17) is 0 Å². The maximum Gasteiger partial charge on any atom is 0.160 e. The Kier molecular flexibility index (Phi) is 2.53. The normalized spacial score (nSPS) is 10.6. The molecule has 0 aliphatic rings. The van der Waals surface area contributed by atoms with Gasteiger partial charge in [0.2, 0.25) is 0 Å². The van der Waals surface area contributed by atoms with Crippen LogP contribution in [0.1, 0.15) is 9.67 Å². The number of thiophene rings is 1. The molecule has 4 heteroatoms. The van der Waals surface area contributed by atoms with Gasteiger partial charge in [-0.25, -0.2) is 0 Å². The van der Waals surface area contributed by atoms with Crippen LogP contribution in [0.25, 0.3) is 10.1 Å². The summed E-state index contributed by atoms with van der Waals surface area (Å²) in [5.74, 6) is 0. The molecule has 0 spiro atoms. The van der Waals surface area contributed by atoms with Crippen molar-refractivity contribution in [2.24, 2.45) is 0 Å². The summed E-state index contributed by atoms with van der Waals surface area (Å²) in [7, 11) is 0. The maximum absolute atomic E-state index is 10.6. The van der Waals surface area contributed by atoms with Crippen LogP contribution in [0.3, 0.4) is 0 Å². The van der Waals surface area contributed by atoms with Gasteiger partial charge in [-0.3, -0.25) is 4.79 Å². The van der Waals surface area contributed by atoms with Gasteiger partial charge < -0.3 is 0 Å². The SMILES string of the molecule is O=Cc1cc2c(Br)ccc(Br)c2s1. The molecule has 0 bridgehead atoms. The molecule has 0 saturated heterocycles. The first kappa shape index (κ1) is 9.37. The van der Waals surface area contributed by atoms with Gasteiger partial charge in [-0.05, 0) is 34.1 Å². The molecular weight excluding hydrogens is 316 g/mol. The molecule has 1 nitrogen and oxygen atoms in total. The number of hydrogen-bond acceptors (Lipinski definition) is 2. The molecule has 0 N–H and O–H groups in total. The van der Waals surface area contributed by atoms with Gasteiger partial charge in [-0.1, -0.05) is 15.9 Å². The number of fused-ring (bicyclic) bond motifs is 1. The van der Waals surface area contributed by atoms with E-state index in [0.717, 1.165) is 30.2 Å². The van der Waals surface area contributed by atoms with E-state index in [1.807, 2.05) is 18.2 Å². The molecule has 13 heavy (non-hydrogen) atoms. The highest BCUT2D eigenvalue weighted by atomic mass is 79.9. The predicted molar refractivity (Wildman–Crippen MR) is 62.6 cm³/mol. The molecule has 1 heterocycles. The Morgan fingerprint density at radius 1 is 1.23 bits per heavy atom. The largest absolute Gasteiger partial charge is 0.297 e. The van der Waals surface area contributed by atoms with Crippen molar-refractivity contribution in [1.29, 1.82) is 0 Å². The van der Waals surface area contributed by atoms with E-state index in [2.05, 4.69) is 31.9 Å². The van der Waals surface area contributed by atoms with Gasteiger partial charge in [-0.2, -0.15) is 0 Å². The van der Waals surface area contributed by atoms with Gasteiger partial charge in [0, 0.05) is 14.3 Å². The topological polar surface area (TPSA) is 17.1 Å². The van der Waals surface area contributed by atoms with E-state index in [-0.39, 0.29) is 0 Å². The van der Waals surface area contributed by atoms with Crippen LogP contribution in [0.4, 0.5) is 0 Å². The van der Waals surface area contributed by atoms with Gasteiger partial charge in [0.25, 0.3) is 0 Å². The van der Waals surface area contributed by atoms with Gasteiger partial charge in [0.1, 0.15) is 0 Å². The molecular formula is C9H4Br2OS. The molecule has 1 aromatic carbocycles. The van der Waals surface area contributed by atoms with Crippen LogP contribution in [0.5, 0.6) is 0 Å². The average molecular weight is 320 g/mol. The third-order valence-electron chi connectivity index (χ3n) is 1.72. The number of carbonyl (C=O) groups excluding carboxylic acids is 1. The molecule has 0 fully saturated rings. The molecule has 0 aliphatic carbocycles. The Morgan fingerprint density at radius 3 is 2.54 bits per heavy atom. The molecule has 0 unspecified atom stereocenters. The predicted octanol–water partition coefficient (Wildman–Crippen LogP) is 4.24. The highest BCUT2D eigenvalue weighted by Gasteiger charge is 2.06. The fraction of sp³-hybridized carbons (Fsp3) is 0. The lowest BCUT2D eigenvalue weighted by molar-refractivity contribution is 0.112. The molecule has 2 aromatic rings. The number of halogens is 2. The van der Waals surface area contributed by atoms with Gasteiger partial charge in [0.05, 0.1) is 9.58 Å². The highest BCUT2D eigenvalue weighted by molar-refractivity contribution is 9.11. The van der Waals surface area contributed by atoms with Crippen molar-refractivity contribution in [3.63, 3.8) is 0 Å². The lowest BCUT2D eigenvalue weighted by Crippen LogP contribution is -1.68. The second-order valence-corrected chi connectivity index (χ2v) is 5.33. The van der Waals surface area contributed by atoms with Crippen molar-refractivity contribution >= 4 is 59.6 Å². The Hall–Kier alpha value is -0.190. The van der Waals surface area contributed by atoms with Crippen molar-refractivity contribution in [2.75, 3.05) is 0 Å². The second kappa shape index (κ2) is 3.52. The zero-order chi connectivity index (χ0) is 9.42. The fourth-order valence-corrected chi connectivity index (χ4v) is 3.20. The van der Waals surface area contributed by atoms with E-state index in [9.17, 15) is 4.79 Å². The molecule has 0 radical (unpaired) electrons. The monoisotopic (exact) mass is 318 g/mol. The van der Waals surface area contributed by atoms with Gasteiger partial charge in [0.15, 0.2) is 6.29 Å². The minimum atomic E-state index is 0.752. The summed E-state index contributed by atoms with van der Waals surface area (Å²) in [5, 5.41) is 1.08. The lowest BCUT2D eigenvalue weighted by atomic mass is 10.2. The van der Waals surface area contributed by atoms with Crippen LogP contribution >= 0.6 is 43.2 Å². The number of benzene rings is 1. The van der Waals surface area contributed by atoms with E-state index in [1.54, 1.807) is 0 Å². The summed E-state index contributed by atoms with van der Waals surface area (Å²) in [6, 6.07) is 5.83. The standard InChI is InChI=1S/C9H4Br2OS/c10-7-1-2-8(11)9-6(7)3-5(4-12)13-9/h1-4H. The average Bonchev–Trinajstić information content (AvgIpc) is 2.56. The third-order valence-corrected chi connectivity index (χ3v) is 4.43. The summed E-state index contributed by atoms with van der Waals surface area (Å²) < 4.78 is 3.16. The first-order valence-corrected chi connectivity index (χ1v) is 5.95. The maximum atomic E-state index is 10.6. The van der Waals surface area contributed by atoms with Gasteiger partial charge >= 0.3 is 0 Å². The summed E-state index contributed by atoms with van der Waals surface area (Å²) >= 11 is 8.38. The zero-order valence-corrected chi connectivity index (χ0v) is 10.4. The van der Waals surface area contributed by atoms with Crippen molar-refractivity contribution in [2.45, 2.75) is 0 Å². The summed E-state index contributed by atoms with van der Waals surface area (Å²) in [6.45, 7) is 0. The smallest absolute Gasteiger partial charge is 0.160 e. The molecule has 66 valence electrons. The summed E-state index contributed by atoms with van der Waals surface area (Å²) in [5.41, 5.74) is 0. The molecule has 2 rings (SSSR count). The first-order valence-electron chi connectivity index (χ1n) is 3.55. The number of hydrogen-bond donors (Lipinski definition) is 0. The zero-order valence-electron chi connectivity index (χ0n) is 6.38. The van der Waals surface area contributed by atoms with E-state index >= 15 is 0 Å². The quantitative estimate of drug-likeness (QED) is 0.719. The van der Waals surface area contributed by atoms with Gasteiger partial charge in [-0.15, -0.1) is 11.3 Å². The fourth-order valence-electron chi connectivity index (χ4n) is 1.13. The number of rotatable bonds is 1. The highest BCUT2D eigenvalue weighted by Crippen LogP contribution is 2.35. The van der Waals surface area contributed by atoms with E-state index in [1.165, 1.54) is 11.3 Å². The first-order chi connectivity index (χ1) is 6.22. The van der Waals surface area contributed by atoms with Crippen molar-refractivity contribution < 1.29 is 4.79 Å². The minimum Gasteiger partial charge on any atom is -0.297 e. The third kappa shape index (κ3) is 1.58. The molecule has 1 aromatic heterocycles. The van der Waals surface area contributed by atoms with Crippen molar-refractivity contribution in [1.82, 2.24) is 0 Å². The number of carbonyl (C=O) groups is 1. The minimum absolute atomic E-state index is 0.752. The van der Waals surface area contributed by atoms with Crippen LogP contribution < -0.4 is 0 Å². The summed E-state index contributed by atoms with van der Waals surface area (Å²) in [6.07, 6.45) is 0.879. The molecule has 0 amide bonds. The van der Waals surface area contributed by atoms with Crippen molar-refractivity contribution in [3.05, 3.63) is 32.0 Å². The van der Waals surface area contributed by atoms with E-state index < -0.39 is 0 Å². The molecule has 0 aliphatic heterocycles. The molecule has 0 atom stereocenters. The lowest BCUT2D eigenvalue weighted by Gasteiger charge is -1.94. The number of aldehydes is 1. The van der Waals surface area contributed by atoms with Crippen LogP contribution in [0.15, 0.2) is 27.1 Å². The Morgan fingerprint density at radius 2 is 1.92 bits per heavy atom. The Balaban J connectivity index is 2.87. The van der Waals surface area contributed by atoms with Crippen LogP contribution in [0.2, 0.25) is 0 Å². The second-order valence-electron chi connectivity index (χ2n) is 2.54. The van der Waals surface area contributed by atoms with Crippen LogP contribution in [0, 0.1) is 0 Å². The van der Waals surface area contributed by atoms with Crippen LogP contribution in [-0.4, -0.2) is 6.29 Å². The van der Waals surface area contributed by atoms with Crippen LogP contribution in [-0.2, 0) is 0 Å². The van der Waals surface area contributed by atoms with E-state index in [0.29, 0.717) is 0 Å². The van der Waals surface area contributed by atoms with Crippen molar-refractivity contribution in [3.8, 4) is 0 Å². The Bertz CT molecular complexity index is 437.